The molecule has 0 aliphatic rings. The van der Waals surface area contributed by atoms with Crippen LogP contribution in [0, 0.1) is 6.92 Å². The molecule has 0 radical (unpaired) electrons. The molecule has 0 spiro atoms. The second-order valence-electron chi connectivity index (χ2n) is 4.30. The van der Waals surface area contributed by atoms with Crippen molar-refractivity contribution in [2.75, 3.05) is 11.9 Å². The van der Waals surface area contributed by atoms with Crippen LogP contribution in [-0.2, 0) is 5.33 Å². The molecule has 0 unspecified atom stereocenters. The van der Waals surface area contributed by atoms with E-state index in [2.05, 4.69) is 93.2 Å². The minimum atomic E-state index is 0.845. The van der Waals surface area contributed by atoms with Crippen molar-refractivity contribution in [2.24, 2.45) is 0 Å². The molecule has 0 aliphatic carbocycles. The van der Waals surface area contributed by atoms with Gasteiger partial charge >= 0.3 is 0 Å². The zero-order valence-electron chi connectivity index (χ0n) is 10.5. The van der Waals surface area contributed by atoms with Crippen LogP contribution in [0.3, 0.4) is 0 Å². The van der Waals surface area contributed by atoms with Gasteiger partial charge in [0, 0.05) is 28.2 Å². The van der Waals surface area contributed by atoms with Crippen LogP contribution < -0.4 is 4.90 Å². The van der Waals surface area contributed by atoms with Gasteiger partial charge < -0.3 is 4.90 Å². The Morgan fingerprint density at radius 3 is 2.56 bits per heavy atom. The first-order valence-electron chi connectivity index (χ1n) is 5.76. The second kappa shape index (κ2) is 5.89. The third-order valence-electron chi connectivity index (χ3n) is 2.94. The van der Waals surface area contributed by atoms with E-state index in [-0.39, 0.29) is 0 Å². The fraction of sp³-hybridized carbons (Fsp3) is 0.200. The number of alkyl halides is 1. The van der Waals surface area contributed by atoms with Crippen LogP contribution in [0.2, 0.25) is 0 Å². The molecule has 0 N–H and O–H groups in total. The zero-order chi connectivity index (χ0) is 13.1. The molecular formula is C15H15Br2N. The lowest BCUT2D eigenvalue weighted by molar-refractivity contribution is 1.17. The topological polar surface area (TPSA) is 3.24 Å². The van der Waals surface area contributed by atoms with Crippen LogP contribution in [-0.4, -0.2) is 7.05 Å². The summed E-state index contributed by atoms with van der Waals surface area (Å²) in [5.41, 5.74) is 4.98. The molecule has 3 heteroatoms. The van der Waals surface area contributed by atoms with Crippen LogP contribution in [0.4, 0.5) is 11.4 Å². The Morgan fingerprint density at radius 2 is 1.89 bits per heavy atom. The van der Waals surface area contributed by atoms with Gasteiger partial charge in [0.25, 0.3) is 0 Å². The van der Waals surface area contributed by atoms with Crippen molar-refractivity contribution in [3.8, 4) is 0 Å². The van der Waals surface area contributed by atoms with Crippen LogP contribution in [0.1, 0.15) is 11.1 Å². The van der Waals surface area contributed by atoms with Crippen molar-refractivity contribution in [3.63, 3.8) is 0 Å². The molecule has 0 atom stereocenters. The molecule has 2 aromatic carbocycles. The molecule has 94 valence electrons. The van der Waals surface area contributed by atoms with E-state index in [0.717, 1.165) is 9.80 Å². The smallest absolute Gasteiger partial charge is 0.0450 e. The van der Waals surface area contributed by atoms with E-state index in [1.807, 2.05) is 0 Å². The van der Waals surface area contributed by atoms with Gasteiger partial charge in [-0.25, -0.2) is 0 Å². The Balaban J connectivity index is 2.42. The van der Waals surface area contributed by atoms with E-state index >= 15 is 0 Å². The first-order chi connectivity index (χ1) is 8.61. The summed E-state index contributed by atoms with van der Waals surface area (Å²) in [5, 5.41) is 0.845. The zero-order valence-corrected chi connectivity index (χ0v) is 13.6. The molecule has 0 fully saturated rings. The van der Waals surface area contributed by atoms with E-state index in [1.165, 1.54) is 22.5 Å². The van der Waals surface area contributed by atoms with Gasteiger partial charge in [0.15, 0.2) is 0 Å². The van der Waals surface area contributed by atoms with Crippen molar-refractivity contribution in [1.29, 1.82) is 0 Å². The van der Waals surface area contributed by atoms with Crippen LogP contribution in [0.25, 0.3) is 0 Å². The first kappa shape index (κ1) is 13.6. The summed E-state index contributed by atoms with van der Waals surface area (Å²) in [7, 11) is 2.10. The molecule has 18 heavy (non-hydrogen) atoms. The third kappa shape index (κ3) is 2.96. The third-order valence-corrected chi connectivity index (χ3v) is 4.03. The fourth-order valence-electron chi connectivity index (χ4n) is 1.96. The summed E-state index contributed by atoms with van der Waals surface area (Å²) in [6.45, 7) is 2.12. The SMILES string of the molecule is Cc1cccc(N(C)c2ccc(Br)cc2CBr)c1. The molecule has 0 saturated heterocycles. The maximum atomic E-state index is 3.55. The summed E-state index contributed by atoms with van der Waals surface area (Å²) < 4.78 is 1.11. The van der Waals surface area contributed by atoms with E-state index in [0.29, 0.717) is 0 Å². The summed E-state index contributed by atoms with van der Waals surface area (Å²) in [4.78, 5) is 2.22. The number of rotatable bonds is 3. The monoisotopic (exact) mass is 367 g/mol. The lowest BCUT2D eigenvalue weighted by Crippen LogP contribution is -2.11. The molecule has 0 bridgehead atoms. The average Bonchev–Trinajstić information content (AvgIpc) is 2.37. The van der Waals surface area contributed by atoms with Crippen molar-refractivity contribution in [1.82, 2.24) is 0 Å². The number of halogens is 2. The van der Waals surface area contributed by atoms with Gasteiger partial charge in [0.2, 0.25) is 0 Å². The Kier molecular flexibility index (Phi) is 4.46. The number of anilines is 2. The molecule has 0 saturated carbocycles. The average molecular weight is 369 g/mol. The van der Waals surface area contributed by atoms with Crippen molar-refractivity contribution >= 4 is 43.2 Å². The molecule has 0 aromatic heterocycles. The summed E-state index contributed by atoms with van der Waals surface area (Å²) >= 11 is 7.07. The van der Waals surface area contributed by atoms with Gasteiger partial charge in [-0.1, -0.05) is 44.0 Å². The summed E-state index contributed by atoms with van der Waals surface area (Å²) in [6.07, 6.45) is 0. The lowest BCUT2D eigenvalue weighted by atomic mass is 10.1. The van der Waals surface area contributed by atoms with Crippen molar-refractivity contribution in [3.05, 3.63) is 58.1 Å². The minimum absolute atomic E-state index is 0.845. The van der Waals surface area contributed by atoms with Crippen molar-refractivity contribution in [2.45, 2.75) is 12.3 Å². The Bertz CT molecular complexity index is 552. The maximum Gasteiger partial charge on any atom is 0.0450 e. The molecule has 1 nitrogen and oxygen atoms in total. The predicted molar refractivity (Wildman–Crippen MR) is 86.0 cm³/mol. The van der Waals surface area contributed by atoms with E-state index in [4.69, 9.17) is 0 Å². The highest BCUT2D eigenvalue weighted by Gasteiger charge is 2.09. The summed E-state index contributed by atoms with van der Waals surface area (Å²) in [5.74, 6) is 0. The highest BCUT2D eigenvalue weighted by molar-refractivity contribution is 9.10. The Hall–Kier alpha value is -0.800. The van der Waals surface area contributed by atoms with Crippen molar-refractivity contribution < 1.29 is 0 Å². The van der Waals surface area contributed by atoms with Crippen LogP contribution in [0.15, 0.2) is 46.9 Å². The van der Waals surface area contributed by atoms with Gasteiger partial charge in [-0.15, -0.1) is 0 Å². The quantitative estimate of drug-likeness (QED) is 0.653. The molecule has 0 aliphatic heterocycles. The number of nitrogens with zero attached hydrogens (tertiary/aromatic N) is 1. The number of benzene rings is 2. The first-order valence-corrected chi connectivity index (χ1v) is 7.68. The Labute approximate surface area is 125 Å². The number of aryl methyl sites for hydroxylation is 1. The molecular weight excluding hydrogens is 354 g/mol. The normalized spacial score (nSPS) is 10.4. The molecule has 0 heterocycles. The van der Waals surface area contributed by atoms with Gasteiger partial charge in [-0.2, -0.15) is 0 Å². The number of hydrogen-bond acceptors (Lipinski definition) is 1. The van der Waals surface area contributed by atoms with Gasteiger partial charge in [0.05, 0.1) is 0 Å². The fourth-order valence-corrected chi connectivity index (χ4v) is 2.82. The largest absolute Gasteiger partial charge is 0.344 e. The van der Waals surface area contributed by atoms with Gasteiger partial charge in [-0.3, -0.25) is 0 Å². The molecule has 0 amide bonds. The highest BCUT2D eigenvalue weighted by atomic mass is 79.9. The predicted octanol–water partition coefficient (Wildman–Crippen LogP) is 5.42. The van der Waals surface area contributed by atoms with Gasteiger partial charge in [-0.05, 0) is 48.4 Å². The van der Waals surface area contributed by atoms with Crippen LogP contribution >= 0.6 is 31.9 Å². The molecule has 2 aromatic rings. The maximum absolute atomic E-state index is 3.55. The van der Waals surface area contributed by atoms with Crippen LogP contribution in [0.5, 0.6) is 0 Å². The standard InChI is InChI=1S/C15H15Br2N/c1-11-4-3-5-14(8-11)18(2)15-7-6-13(17)9-12(15)10-16/h3-9H,10H2,1-2H3. The second-order valence-corrected chi connectivity index (χ2v) is 5.78. The lowest BCUT2D eigenvalue weighted by Gasteiger charge is -2.22. The molecule has 2 rings (SSSR count). The Morgan fingerprint density at radius 1 is 1.11 bits per heavy atom. The summed E-state index contributed by atoms with van der Waals surface area (Å²) in [6, 6.07) is 14.9. The van der Waals surface area contributed by atoms with E-state index in [9.17, 15) is 0 Å². The van der Waals surface area contributed by atoms with E-state index in [1.54, 1.807) is 0 Å². The highest BCUT2D eigenvalue weighted by Crippen LogP contribution is 2.30. The van der Waals surface area contributed by atoms with E-state index < -0.39 is 0 Å². The number of hydrogen-bond donors (Lipinski definition) is 0. The minimum Gasteiger partial charge on any atom is -0.344 e. The van der Waals surface area contributed by atoms with Gasteiger partial charge in [0.1, 0.15) is 0 Å².